The van der Waals surface area contributed by atoms with Gasteiger partial charge in [0.2, 0.25) is 0 Å². The van der Waals surface area contributed by atoms with Crippen LogP contribution in [-0.4, -0.2) is 79.5 Å². The molecule has 1 aliphatic rings. The molecule has 2 unspecified atom stereocenters. The Bertz CT molecular complexity index is 546. The number of rotatable bonds is 8. The summed E-state index contributed by atoms with van der Waals surface area (Å²) in [5, 5.41) is 8.98. The third kappa shape index (κ3) is 7.49. The van der Waals surface area contributed by atoms with E-state index >= 15 is 0 Å². The van der Waals surface area contributed by atoms with Crippen LogP contribution in [0.2, 0.25) is 0 Å². The highest BCUT2D eigenvalue weighted by molar-refractivity contribution is 5.68. The van der Waals surface area contributed by atoms with Crippen LogP contribution in [0.3, 0.4) is 0 Å². The first kappa shape index (κ1) is 22.8. The van der Waals surface area contributed by atoms with E-state index in [2.05, 4.69) is 0 Å². The first-order chi connectivity index (χ1) is 12.6. The highest BCUT2D eigenvalue weighted by atomic mass is 16.7. The molecule has 0 bridgehead atoms. The summed E-state index contributed by atoms with van der Waals surface area (Å²) < 4.78 is 31.4. The van der Waals surface area contributed by atoms with Gasteiger partial charge < -0.3 is 33.5 Å². The van der Waals surface area contributed by atoms with Crippen molar-refractivity contribution in [1.29, 1.82) is 0 Å². The first-order valence-electron chi connectivity index (χ1n) is 8.18. The Labute approximate surface area is 155 Å². The molecule has 154 valence electrons. The molecule has 1 N–H and O–H groups in total. The van der Waals surface area contributed by atoms with Crippen molar-refractivity contribution in [2.24, 2.45) is 0 Å². The van der Waals surface area contributed by atoms with Gasteiger partial charge in [0, 0.05) is 27.7 Å². The quantitative estimate of drug-likeness (QED) is 0.404. The maximum absolute atomic E-state index is 11.6. The number of aliphatic hydroxyl groups excluding tert-OH is 1. The standard InChI is InChI=1S/C16H24O11/c1-8(18)23-7-12-13(24-9(2)19)14(25-10(3)20)15(26-11(4)21)16(27-12)22-6-5-17/h12-17H,5-7H2,1-4H3/t12?,13-,14?,15+,16-/m1/s1. The van der Waals surface area contributed by atoms with Crippen molar-refractivity contribution < 1.29 is 52.7 Å². The van der Waals surface area contributed by atoms with Gasteiger partial charge in [0.25, 0.3) is 0 Å². The molecule has 0 amide bonds. The predicted molar refractivity (Wildman–Crippen MR) is 85.0 cm³/mol. The Morgan fingerprint density at radius 1 is 0.815 bits per heavy atom. The summed E-state index contributed by atoms with van der Waals surface area (Å²) in [7, 11) is 0. The van der Waals surface area contributed by atoms with Crippen molar-refractivity contribution in [1.82, 2.24) is 0 Å². The van der Waals surface area contributed by atoms with E-state index in [1.165, 1.54) is 6.92 Å². The van der Waals surface area contributed by atoms with E-state index in [0.717, 1.165) is 20.8 Å². The Balaban J connectivity index is 3.22. The van der Waals surface area contributed by atoms with Crippen molar-refractivity contribution >= 4 is 23.9 Å². The number of hydrogen-bond acceptors (Lipinski definition) is 11. The van der Waals surface area contributed by atoms with Gasteiger partial charge in [-0.1, -0.05) is 0 Å². The van der Waals surface area contributed by atoms with Crippen molar-refractivity contribution in [3.8, 4) is 0 Å². The fraction of sp³-hybridized carbons (Fsp3) is 0.750. The molecule has 1 rings (SSSR count). The smallest absolute Gasteiger partial charge is 0.303 e. The molecule has 0 aromatic carbocycles. The summed E-state index contributed by atoms with van der Waals surface area (Å²) in [5.74, 6) is -2.79. The van der Waals surface area contributed by atoms with Crippen LogP contribution in [0.1, 0.15) is 27.7 Å². The average molecular weight is 392 g/mol. The lowest BCUT2D eigenvalue weighted by Gasteiger charge is -2.43. The predicted octanol–water partition coefficient (Wildman–Crippen LogP) is -0.922. The van der Waals surface area contributed by atoms with Gasteiger partial charge in [-0.3, -0.25) is 19.2 Å². The van der Waals surface area contributed by atoms with Gasteiger partial charge in [-0.2, -0.15) is 0 Å². The normalized spacial score (nSPS) is 27.4. The van der Waals surface area contributed by atoms with Crippen LogP contribution in [0.4, 0.5) is 0 Å². The second-order valence-electron chi connectivity index (χ2n) is 5.66. The lowest BCUT2D eigenvalue weighted by atomic mass is 9.98. The van der Waals surface area contributed by atoms with Gasteiger partial charge in [0.1, 0.15) is 12.7 Å². The molecule has 0 radical (unpaired) electrons. The van der Waals surface area contributed by atoms with Gasteiger partial charge >= 0.3 is 23.9 Å². The highest BCUT2D eigenvalue weighted by Crippen LogP contribution is 2.29. The molecule has 0 aromatic heterocycles. The summed E-state index contributed by atoms with van der Waals surface area (Å²) in [6.07, 6.45) is -6.14. The fourth-order valence-electron chi connectivity index (χ4n) is 2.49. The van der Waals surface area contributed by atoms with Gasteiger partial charge in [0.15, 0.2) is 24.6 Å². The molecule has 0 aliphatic carbocycles. The van der Waals surface area contributed by atoms with Crippen LogP contribution in [-0.2, 0) is 47.6 Å². The van der Waals surface area contributed by atoms with Crippen molar-refractivity contribution in [2.45, 2.75) is 58.4 Å². The monoisotopic (exact) mass is 392 g/mol. The number of carbonyl (C=O) groups excluding carboxylic acids is 4. The SMILES string of the molecule is CC(=O)OCC1O[C@@H](OCCO)[C@@H](OC(C)=O)C(OC(C)=O)[C@@H]1OC(C)=O. The second kappa shape index (κ2) is 10.8. The molecule has 1 heterocycles. The zero-order valence-electron chi connectivity index (χ0n) is 15.5. The fourth-order valence-corrected chi connectivity index (χ4v) is 2.49. The minimum atomic E-state index is -1.28. The zero-order chi connectivity index (χ0) is 20.6. The second-order valence-corrected chi connectivity index (χ2v) is 5.66. The summed E-state index contributed by atoms with van der Waals surface area (Å²) in [5.41, 5.74) is 0. The van der Waals surface area contributed by atoms with Crippen molar-refractivity contribution in [2.75, 3.05) is 19.8 Å². The topological polar surface area (TPSA) is 144 Å². The largest absolute Gasteiger partial charge is 0.463 e. The number of esters is 4. The summed E-state index contributed by atoms with van der Waals surface area (Å²) in [6.45, 7) is 3.68. The molecule has 5 atom stereocenters. The lowest BCUT2D eigenvalue weighted by molar-refractivity contribution is -0.308. The Morgan fingerprint density at radius 3 is 1.81 bits per heavy atom. The number of ether oxygens (including phenoxy) is 6. The third-order valence-electron chi connectivity index (χ3n) is 3.32. The lowest BCUT2D eigenvalue weighted by Crippen LogP contribution is -2.63. The summed E-state index contributed by atoms with van der Waals surface area (Å²) >= 11 is 0. The van der Waals surface area contributed by atoms with E-state index < -0.39 is 54.6 Å². The Hall–Kier alpha value is -2.24. The first-order valence-corrected chi connectivity index (χ1v) is 8.18. The summed E-state index contributed by atoms with van der Waals surface area (Å²) in [6, 6.07) is 0. The minimum Gasteiger partial charge on any atom is -0.463 e. The molecule has 1 fully saturated rings. The molecule has 27 heavy (non-hydrogen) atoms. The van der Waals surface area contributed by atoms with E-state index in [1.807, 2.05) is 0 Å². The molecule has 0 spiro atoms. The van der Waals surface area contributed by atoms with Gasteiger partial charge in [-0.15, -0.1) is 0 Å². The van der Waals surface area contributed by atoms with Crippen LogP contribution >= 0.6 is 0 Å². The molecular weight excluding hydrogens is 368 g/mol. The molecular formula is C16H24O11. The molecule has 0 aromatic rings. The Morgan fingerprint density at radius 2 is 1.33 bits per heavy atom. The molecule has 0 saturated carbocycles. The van der Waals surface area contributed by atoms with Crippen LogP contribution in [0, 0.1) is 0 Å². The number of aliphatic hydroxyl groups is 1. The third-order valence-corrected chi connectivity index (χ3v) is 3.32. The van der Waals surface area contributed by atoms with E-state index in [4.69, 9.17) is 33.5 Å². The maximum atomic E-state index is 11.6. The zero-order valence-corrected chi connectivity index (χ0v) is 15.5. The average Bonchev–Trinajstić information content (AvgIpc) is 2.54. The van der Waals surface area contributed by atoms with Gasteiger partial charge in [-0.05, 0) is 0 Å². The van der Waals surface area contributed by atoms with Crippen molar-refractivity contribution in [3.05, 3.63) is 0 Å². The highest BCUT2D eigenvalue weighted by Gasteiger charge is 2.52. The van der Waals surface area contributed by atoms with Crippen LogP contribution in [0.5, 0.6) is 0 Å². The molecule has 11 heteroatoms. The van der Waals surface area contributed by atoms with Crippen LogP contribution in [0.25, 0.3) is 0 Å². The summed E-state index contributed by atoms with van der Waals surface area (Å²) in [4.78, 5) is 45.7. The van der Waals surface area contributed by atoms with Gasteiger partial charge in [-0.25, -0.2) is 0 Å². The Kier molecular flexibility index (Phi) is 9.12. The van der Waals surface area contributed by atoms with Crippen LogP contribution < -0.4 is 0 Å². The number of carbonyl (C=O) groups is 4. The van der Waals surface area contributed by atoms with Crippen LogP contribution in [0.15, 0.2) is 0 Å². The van der Waals surface area contributed by atoms with E-state index in [9.17, 15) is 19.2 Å². The molecule has 1 saturated heterocycles. The maximum Gasteiger partial charge on any atom is 0.303 e. The van der Waals surface area contributed by atoms with Gasteiger partial charge in [0.05, 0.1) is 13.2 Å². The minimum absolute atomic E-state index is 0.173. The molecule has 11 nitrogen and oxygen atoms in total. The molecule has 1 aliphatic heterocycles. The van der Waals surface area contributed by atoms with E-state index in [1.54, 1.807) is 0 Å². The van der Waals surface area contributed by atoms with E-state index in [-0.39, 0.29) is 19.8 Å². The van der Waals surface area contributed by atoms with Crippen molar-refractivity contribution in [3.63, 3.8) is 0 Å². The van der Waals surface area contributed by atoms with E-state index in [0.29, 0.717) is 0 Å². The number of hydrogen-bond donors (Lipinski definition) is 1.